The molecule has 0 spiro atoms. The second kappa shape index (κ2) is 11.8. The maximum Gasteiger partial charge on any atom is 0.256 e. The summed E-state index contributed by atoms with van der Waals surface area (Å²) in [6, 6.07) is 35.7. The molecule has 0 aliphatic carbocycles. The number of amides is 2. The summed E-state index contributed by atoms with van der Waals surface area (Å²) in [5.41, 5.74) is 5.57. The van der Waals surface area contributed by atoms with Gasteiger partial charge in [-0.3, -0.25) is 9.59 Å². The van der Waals surface area contributed by atoms with Crippen LogP contribution >= 0.6 is 0 Å². The summed E-state index contributed by atoms with van der Waals surface area (Å²) in [6.45, 7) is 3.94. The van der Waals surface area contributed by atoms with Gasteiger partial charge in [-0.2, -0.15) is 0 Å². The van der Waals surface area contributed by atoms with Gasteiger partial charge in [0.25, 0.3) is 11.8 Å². The van der Waals surface area contributed by atoms with Gasteiger partial charge in [-0.15, -0.1) is 0 Å². The van der Waals surface area contributed by atoms with E-state index >= 15 is 0 Å². The zero-order valence-electron chi connectivity index (χ0n) is 21.7. The largest absolute Gasteiger partial charge is 0.361 e. The van der Waals surface area contributed by atoms with Crippen LogP contribution in [0.1, 0.15) is 56.9 Å². The third kappa shape index (κ3) is 5.62. The molecule has 192 valence electrons. The van der Waals surface area contributed by atoms with Crippen LogP contribution in [0.2, 0.25) is 0 Å². The lowest BCUT2D eigenvalue weighted by Gasteiger charge is -2.27. The van der Waals surface area contributed by atoms with Crippen LogP contribution in [-0.2, 0) is 13.0 Å². The number of nitrogens with one attached hydrogen (secondary N) is 1. The Balaban J connectivity index is 1.33. The lowest BCUT2D eigenvalue weighted by molar-refractivity contribution is 0.0737. The molecule has 4 aromatic rings. The highest BCUT2D eigenvalue weighted by molar-refractivity contribution is 5.99. The molecule has 2 amide bonds. The Morgan fingerprint density at radius 2 is 1.45 bits per heavy atom. The second-order valence-corrected chi connectivity index (χ2v) is 9.66. The number of hydrogen-bond acceptors (Lipinski definition) is 3. The van der Waals surface area contributed by atoms with Gasteiger partial charge in [0.1, 0.15) is 6.17 Å². The van der Waals surface area contributed by atoms with Gasteiger partial charge in [0.05, 0.1) is 0 Å². The third-order valence-corrected chi connectivity index (χ3v) is 6.97. The van der Waals surface area contributed by atoms with Crippen molar-refractivity contribution in [1.29, 1.82) is 0 Å². The van der Waals surface area contributed by atoms with Crippen molar-refractivity contribution in [2.24, 2.45) is 0 Å². The van der Waals surface area contributed by atoms with Crippen molar-refractivity contribution < 1.29 is 9.59 Å². The first kappa shape index (κ1) is 25.3. The number of hydrogen-bond donors (Lipinski definition) is 1. The van der Waals surface area contributed by atoms with Crippen molar-refractivity contribution in [3.63, 3.8) is 0 Å². The van der Waals surface area contributed by atoms with Gasteiger partial charge >= 0.3 is 0 Å². The summed E-state index contributed by atoms with van der Waals surface area (Å²) in [6.07, 6.45) is 1.45. The number of nitrogens with zero attached hydrogens (tertiary/aromatic N) is 2. The maximum atomic E-state index is 13.6. The van der Waals surface area contributed by atoms with E-state index in [-0.39, 0.29) is 18.0 Å². The van der Waals surface area contributed by atoms with Crippen LogP contribution in [0.25, 0.3) is 0 Å². The van der Waals surface area contributed by atoms with Crippen molar-refractivity contribution >= 4 is 17.5 Å². The molecule has 0 aromatic heterocycles. The standard InChI is InChI=1S/C33H33N3O2/c1-2-22-36-31(29-15-9-10-16-30(29)33(36)38)34-28-19-17-27(18-20-28)32(37)35(24-26-13-7-4-8-14-26)23-21-25-11-5-3-6-12-25/h3-20,31,34H,2,21-24H2,1H3. The van der Waals surface area contributed by atoms with E-state index in [0.717, 1.165) is 35.2 Å². The molecule has 5 rings (SSSR count). The summed E-state index contributed by atoms with van der Waals surface area (Å²) in [4.78, 5) is 30.4. The molecule has 1 atom stereocenters. The van der Waals surface area contributed by atoms with Gasteiger partial charge in [0.15, 0.2) is 0 Å². The second-order valence-electron chi connectivity index (χ2n) is 9.66. The minimum atomic E-state index is -0.222. The summed E-state index contributed by atoms with van der Waals surface area (Å²) in [5, 5.41) is 3.52. The molecule has 5 nitrogen and oxygen atoms in total. The van der Waals surface area contributed by atoms with E-state index in [1.807, 2.05) is 94.7 Å². The predicted octanol–water partition coefficient (Wildman–Crippen LogP) is 6.55. The molecule has 0 bridgehead atoms. The quantitative estimate of drug-likeness (QED) is 0.267. The summed E-state index contributed by atoms with van der Waals surface area (Å²) in [5.74, 6) is 0.0621. The number of carbonyl (C=O) groups is 2. The SMILES string of the molecule is CCCN1C(=O)c2ccccc2C1Nc1ccc(C(=O)N(CCc2ccccc2)Cc2ccccc2)cc1. The van der Waals surface area contributed by atoms with Gasteiger partial charge < -0.3 is 15.1 Å². The topological polar surface area (TPSA) is 52.7 Å². The van der Waals surface area contributed by atoms with Gasteiger partial charge in [-0.05, 0) is 54.3 Å². The lowest BCUT2D eigenvalue weighted by Crippen LogP contribution is -2.33. The number of fused-ring (bicyclic) bond motifs is 1. The van der Waals surface area contributed by atoms with Crippen LogP contribution < -0.4 is 5.32 Å². The van der Waals surface area contributed by atoms with Crippen LogP contribution in [0.15, 0.2) is 109 Å². The van der Waals surface area contributed by atoms with Crippen molar-refractivity contribution in [2.75, 3.05) is 18.4 Å². The highest BCUT2D eigenvalue weighted by Gasteiger charge is 2.35. The Labute approximate surface area is 224 Å². The van der Waals surface area contributed by atoms with Crippen LogP contribution in [0.5, 0.6) is 0 Å². The Morgan fingerprint density at radius 1 is 0.816 bits per heavy atom. The monoisotopic (exact) mass is 503 g/mol. The zero-order chi connectivity index (χ0) is 26.3. The summed E-state index contributed by atoms with van der Waals surface area (Å²) >= 11 is 0. The van der Waals surface area contributed by atoms with Crippen LogP contribution in [0.4, 0.5) is 5.69 Å². The van der Waals surface area contributed by atoms with Crippen molar-refractivity contribution in [3.05, 3.63) is 137 Å². The fourth-order valence-corrected chi connectivity index (χ4v) is 5.01. The van der Waals surface area contributed by atoms with Crippen molar-refractivity contribution in [3.8, 4) is 0 Å². The Bertz CT molecular complexity index is 1370. The number of carbonyl (C=O) groups excluding carboxylic acids is 2. The molecule has 5 heteroatoms. The number of anilines is 1. The summed E-state index contributed by atoms with van der Waals surface area (Å²) < 4.78 is 0. The molecule has 0 saturated heterocycles. The first-order chi connectivity index (χ1) is 18.6. The van der Waals surface area contributed by atoms with Crippen molar-refractivity contribution in [1.82, 2.24) is 9.80 Å². The van der Waals surface area contributed by atoms with E-state index in [1.54, 1.807) is 0 Å². The maximum absolute atomic E-state index is 13.6. The van der Waals surface area contributed by atoms with Crippen LogP contribution in [-0.4, -0.2) is 34.7 Å². The highest BCUT2D eigenvalue weighted by atomic mass is 16.2. The molecule has 1 N–H and O–H groups in total. The molecule has 38 heavy (non-hydrogen) atoms. The van der Waals surface area contributed by atoms with E-state index in [9.17, 15) is 9.59 Å². The molecule has 0 radical (unpaired) electrons. The molecule has 1 heterocycles. The Kier molecular flexibility index (Phi) is 7.84. The van der Waals surface area contributed by atoms with Gasteiger partial charge in [-0.25, -0.2) is 0 Å². The molecule has 4 aromatic carbocycles. The van der Waals surface area contributed by atoms with Gasteiger partial charge in [-0.1, -0.05) is 85.8 Å². The smallest absolute Gasteiger partial charge is 0.256 e. The molecule has 1 aliphatic rings. The highest BCUT2D eigenvalue weighted by Crippen LogP contribution is 2.34. The lowest BCUT2D eigenvalue weighted by atomic mass is 10.1. The fourth-order valence-electron chi connectivity index (χ4n) is 5.01. The van der Waals surface area contributed by atoms with Crippen molar-refractivity contribution in [2.45, 2.75) is 32.5 Å². The number of benzene rings is 4. The zero-order valence-corrected chi connectivity index (χ0v) is 21.7. The molecule has 0 fully saturated rings. The molecule has 1 aliphatic heterocycles. The first-order valence-corrected chi connectivity index (χ1v) is 13.3. The minimum absolute atomic E-state index is 0.00494. The molecule has 1 unspecified atom stereocenters. The molecule has 0 saturated carbocycles. The van der Waals surface area contributed by atoms with E-state index in [4.69, 9.17) is 0 Å². The third-order valence-electron chi connectivity index (χ3n) is 6.97. The van der Waals surface area contributed by atoms with Gasteiger partial charge in [0.2, 0.25) is 0 Å². The average Bonchev–Trinajstić information content (AvgIpc) is 3.23. The summed E-state index contributed by atoms with van der Waals surface area (Å²) in [7, 11) is 0. The van der Waals surface area contributed by atoms with E-state index in [1.165, 1.54) is 5.56 Å². The average molecular weight is 504 g/mol. The Morgan fingerprint density at radius 3 is 2.13 bits per heavy atom. The molecular formula is C33H33N3O2. The van der Waals surface area contributed by atoms with Crippen LogP contribution in [0.3, 0.4) is 0 Å². The first-order valence-electron chi connectivity index (χ1n) is 13.3. The fraction of sp³-hybridized carbons (Fsp3) is 0.212. The van der Waals surface area contributed by atoms with Gasteiger partial charge in [0, 0.05) is 42.0 Å². The van der Waals surface area contributed by atoms with E-state index in [0.29, 0.717) is 25.2 Å². The Hall–Kier alpha value is -4.38. The molecular weight excluding hydrogens is 470 g/mol. The predicted molar refractivity (Wildman–Crippen MR) is 152 cm³/mol. The van der Waals surface area contributed by atoms with Crippen LogP contribution in [0, 0.1) is 0 Å². The normalized spacial score (nSPS) is 14.3. The van der Waals surface area contributed by atoms with E-state index in [2.05, 4.69) is 36.5 Å². The van der Waals surface area contributed by atoms with E-state index < -0.39 is 0 Å². The number of rotatable bonds is 10. The minimum Gasteiger partial charge on any atom is -0.361 e.